The Bertz CT molecular complexity index is 683. The minimum atomic E-state index is -0.694. The minimum absolute atomic E-state index is 0.109. The van der Waals surface area contributed by atoms with E-state index >= 15 is 0 Å². The molecule has 5 heteroatoms. The number of carbonyl (C=O) groups excluding carboxylic acids is 1. The van der Waals surface area contributed by atoms with E-state index in [4.69, 9.17) is 19.2 Å². The van der Waals surface area contributed by atoms with Gasteiger partial charge in [0.05, 0.1) is 10.8 Å². The van der Waals surface area contributed by atoms with Gasteiger partial charge in [-0.2, -0.15) is 0 Å². The van der Waals surface area contributed by atoms with Gasteiger partial charge in [-0.1, -0.05) is 12.2 Å². The van der Waals surface area contributed by atoms with Crippen molar-refractivity contribution in [2.24, 2.45) is 46.3 Å². The average molecular weight is 302 g/mol. The van der Waals surface area contributed by atoms with E-state index in [0.717, 1.165) is 6.42 Å². The lowest BCUT2D eigenvalue weighted by molar-refractivity contribution is -0.499. The van der Waals surface area contributed by atoms with Gasteiger partial charge in [0, 0.05) is 26.1 Å². The topological polar surface area (TPSA) is 54.0 Å². The summed E-state index contributed by atoms with van der Waals surface area (Å²) in [5, 5.41) is 0. The average Bonchev–Trinajstić information content (AvgIpc) is 3.08. The van der Waals surface area contributed by atoms with Crippen molar-refractivity contribution in [1.82, 2.24) is 0 Å². The van der Waals surface area contributed by atoms with Crippen LogP contribution in [0.5, 0.6) is 0 Å². The minimum Gasteiger partial charge on any atom is -0.352 e. The van der Waals surface area contributed by atoms with Gasteiger partial charge in [-0.3, -0.25) is 4.79 Å². The SMILES string of the molecule is COC1(OC)[C@@H]2[C@H]3C[C@H]4[C@@H]2C(=O)[C@]25[C@H]4[C@H]3[C@]12[C@@H]1C=C[C@H]5OO1. The third-order valence-corrected chi connectivity index (χ3v) is 8.85. The number of Topliss-reactive ketones (excluding diaryl/α,β-unsaturated/α-hetero) is 1. The predicted octanol–water partition coefficient (Wildman–Crippen LogP) is 0.941. The van der Waals surface area contributed by atoms with Gasteiger partial charge in [0.2, 0.25) is 0 Å². The first-order valence-corrected chi connectivity index (χ1v) is 8.37. The van der Waals surface area contributed by atoms with Crippen LogP contribution in [0.15, 0.2) is 12.2 Å². The fraction of sp³-hybridized carbons (Fsp3) is 0.824. The van der Waals surface area contributed by atoms with Gasteiger partial charge in [-0.05, 0) is 30.1 Å². The van der Waals surface area contributed by atoms with E-state index in [2.05, 4.69) is 12.2 Å². The largest absolute Gasteiger partial charge is 0.352 e. The fourth-order valence-electron chi connectivity index (χ4n) is 9.15. The molecule has 22 heavy (non-hydrogen) atoms. The van der Waals surface area contributed by atoms with Crippen molar-refractivity contribution in [2.75, 3.05) is 14.2 Å². The van der Waals surface area contributed by atoms with Gasteiger partial charge in [-0.25, -0.2) is 9.78 Å². The Morgan fingerprint density at radius 3 is 2.45 bits per heavy atom. The highest BCUT2D eigenvalue weighted by Crippen LogP contribution is 2.96. The van der Waals surface area contributed by atoms with Crippen LogP contribution in [-0.2, 0) is 24.0 Å². The molecule has 1 saturated heterocycles. The van der Waals surface area contributed by atoms with E-state index in [1.54, 1.807) is 14.2 Å². The van der Waals surface area contributed by atoms with E-state index in [1.807, 2.05) is 0 Å². The summed E-state index contributed by atoms with van der Waals surface area (Å²) in [6, 6.07) is 0. The van der Waals surface area contributed by atoms with Crippen LogP contribution >= 0.6 is 0 Å². The molecule has 6 aliphatic carbocycles. The Morgan fingerprint density at radius 2 is 1.77 bits per heavy atom. The number of ether oxygens (including phenoxy) is 2. The zero-order valence-electron chi connectivity index (χ0n) is 12.5. The number of ketones is 1. The maximum atomic E-state index is 13.5. The van der Waals surface area contributed by atoms with Gasteiger partial charge in [-0.15, -0.1) is 0 Å². The number of carbonyl (C=O) groups is 1. The van der Waals surface area contributed by atoms with Crippen molar-refractivity contribution in [3.63, 3.8) is 0 Å². The monoisotopic (exact) mass is 302 g/mol. The van der Waals surface area contributed by atoms with Crippen LogP contribution < -0.4 is 0 Å². The molecule has 2 aliphatic heterocycles. The van der Waals surface area contributed by atoms with Crippen LogP contribution in [0.1, 0.15) is 6.42 Å². The standard InChI is InChI=1S/C17H18O5/c1-19-17(20-2)11-7-5-6-10(11)14(18)15-8-3-4-9(22-21-8)16(15,17)13(7)12(6)15/h3-4,6-13H,5H2,1-2H3/t6-,7+,8+,9-,10-,11+,12+,13-,15-,16-/m0/s1. The Kier molecular flexibility index (Phi) is 1.52. The summed E-state index contributed by atoms with van der Waals surface area (Å²) in [6.07, 6.45) is 4.80. The van der Waals surface area contributed by atoms with Crippen molar-refractivity contribution in [3.8, 4) is 0 Å². The zero-order chi connectivity index (χ0) is 14.6. The zero-order valence-corrected chi connectivity index (χ0v) is 12.5. The van der Waals surface area contributed by atoms with Crippen molar-refractivity contribution in [3.05, 3.63) is 12.2 Å². The molecule has 2 spiro atoms. The molecule has 0 aromatic heterocycles. The summed E-state index contributed by atoms with van der Waals surface area (Å²) in [5.74, 6) is 2.06. The van der Waals surface area contributed by atoms with Gasteiger partial charge in [0.15, 0.2) is 5.79 Å². The number of methoxy groups -OCH3 is 2. The van der Waals surface area contributed by atoms with E-state index in [-0.39, 0.29) is 29.5 Å². The van der Waals surface area contributed by atoms with E-state index < -0.39 is 11.2 Å². The van der Waals surface area contributed by atoms with Gasteiger partial charge < -0.3 is 9.47 Å². The summed E-state index contributed by atoms with van der Waals surface area (Å²) in [5.41, 5.74) is -0.835. The molecular formula is C17H18O5. The second kappa shape index (κ2) is 2.86. The molecule has 6 fully saturated rings. The highest BCUT2D eigenvalue weighted by molar-refractivity contribution is 5.98. The summed E-state index contributed by atoms with van der Waals surface area (Å²) in [6.45, 7) is 0. The van der Waals surface area contributed by atoms with E-state index in [1.165, 1.54) is 0 Å². The molecule has 10 atom stereocenters. The van der Waals surface area contributed by atoms with Gasteiger partial charge in [0.25, 0.3) is 0 Å². The first kappa shape index (κ1) is 11.7. The second-order valence-corrected chi connectivity index (χ2v) is 8.26. The third kappa shape index (κ3) is 0.625. The number of hydrogen-bond acceptors (Lipinski definition) is 5. The lowest BCUT2D eigenvalue weighted by Gasteiger charge is -2.74. The third-order valence-electron chi connectivity index (χ3n) is 8.85. The molecule has 116 valence electrons. The Hall–Kier alpha value is -0.750. The van der Waals surface area contributed by atoms with Crippen LogP contribution in [-0.4, -0.2) is 38.0 Å². The smallest absolute Gasteiger partial charge is 0.181 e. The molecule has 8 aliphatic rings. The van der Waals surface area contributed by atoms with Gasteiger partial charge in [0.1, 0.15) is 18.0 Å². The molecule has 5 nitrogen and oxygen atoms in total. The number of rotatable bonds is 2. The molecule has 0 amide bonds. The lowest BCUT2D eigenvalue weighted by atomic mass is 9.33. The van der Waals surface area contributed by atoms with E-state index in [9.17, 15) is 4.79 Å². The summed E-state index contributed by atoms with van der Waals surface area (Å²) in [4.78, 5) is 24.8. The highest BCUT2D eigenvalue weighted by Gasteiger charge is 3.04. The molecular weight excluding hydrogens is 284 g/mol. The van der Waals surface area contributed by atoms with Crippen LogP contribution in [0.4, 0.5) is 0 Å². The van der Waals surface area contributed by atoms with Crippen LogP contribution in [0.2, 0.25) is 0 Å². The molecule has 0 radical (unpaired) electrons. The molecule has 0 unspecified atom stereocenters. The number of hydrogen-bond donors (Lipinski definition) is 0. The van der Waals surface area contributed by atoms with Crippen LogP contribution in [0, 0.1) is 46.3 Å². The summed E-state index contributed by atoms with van der Waals surface area (Å²) >= 11 is 0. The first-order chi connectivity index (χ1) is 10.7. The highest BCUT2D eigenvalue weighted by atomic mass is 17.2. The first-order valence-electron chi connectivity index (χ1n) is 8.37. The van der Waals surface area contributed by atoms with Crippen LogP contribution in [0.25, 0.3) is 0 Å². The Morgan fingerprint density at radius 1 is 1.05 bits per heavy atom. The quantitative estimate of drug-likeness (QED) is 0.432. The second-order valence-electron chi connectivity index (χ2n) is 8.26. The fourth-order valence-corrected chi connectivity index (χ4v) is 9.15. The van der Waals surface area contributed by atoms with Crippen molar-refractivity contribution < 1.29 is 24.0 Å². The van der Waals surface area contributed by atoms with Crippen LogP contribution in [0.3, 0.4) is 0 Å². The Balaban J connectivity index is 1.65. The van der Waals surface area contributed by atoms with Gasteiger partial charge >= 0.3 is 0 Å². The predicted molar refractivity (Wildman–Crippen MR) is 71.1 cm³/mol. The summed E-state index contributed by atoms with van der Waals surface area (Å²) in [7, 11) is 3.49. The maximum Gasteiger partial charge on any atom is 0.181 e. The molecule has 2 heterocycles. The number of fused-ring (bicyclic) bond motifs is 2. The van der Waals surface area contributed by atoms with E-state index in [0.29, 0.717) is 29.5 Å². The molecule has 0 aromatic rings. The van der Waals surface area contributed by atoms with Crippen molar-refractivity contribution in [2.45, 2.75) is 24.4 Å². The summed E-state index contributed by atoms with van der Waals surface area (Å²) < 4.78 is 12.2. The lowest BCUT2D eigenvalue weighted by Crippen LogP contribution is -2.84. The molecule has 4 bridgehead atoms. The molecule has 0 N–H and O–H groups in total. The van der Waals surface area contributed by atoms with Crippen molar-refractivity contribution in [1.29, 1.82) is 0 Å². The van der Waals surface area contributed by atoms with Crippen molar-refractivity contribution >= 4 is 5.78 Å². The molecule has 5 saturated carbocycles. The Labute approximate surface area is 127 Å². The maximum absolute atomic E-state index is 13.5. The normalized spacial score (nSPS) is 68.9. The molecule has 0 aromatic carbocycles. The molecule has 8 rings (SSSR count).